The summed E-state index contributed by atoms with van der Waals surface area (Å²) >= 11 is 6.21. The highest BCUT2D eigenvalue weighted by Crippen LogP contribution is 2.19. The van der Waals surface area contributed by atoms with Crippen molar-refractivity contribution in [3.05, 3.63) is 76.9 Å². The molecule has 0 aliphatic rings. The maximum atomic E-state index is 6.21. The van der Waals surface area contributed by atoms with Gasteiger partial charge in [-0.1, -0.05) is 54.1 Å². The predicted molar refractivity (Wildman–Crippen MR) is 126 cm³/mol. The number of aromatic nitrogens is 4. The molecule has 0 atom stereocenters. The van der Waals surface area contributed by atoms with Crippen molar-refractivity contribution in [1.82, 2.24) is 19.3 Å². The summed E-state index contributed by atoms with van der Waals surface area (Å²) < 4.78 is 3.61. The SMILES string of the molecule is Cn1nc(-c2nc3ccccc3n(C)/c2=N\N=C\CCCCc2ccccc2)cc1Cl. The molecular weight excluding hydrogens is 408 g/mol. The van der Waals surface area contributed by atoms with E-state index in [1.54, 1.807) is 17.8 Å². The molecule has 31 heavy (non-hydrogen) atoms. The molecule has 0 amide bonds. The molecule has 2 aromatic heterocycles. The van der Waals surface area contributed by atoms with E-state index in [4.69, 9.17) is 16.6 Å². The predicted octanol–water partition coefficient (Wildman–Crippen LogP) is 4.93. The maximum Gasteiger partial charge on any atom is 0.183 e. The highest BCUT2D eigenvalue weighted by atomic mass is 35.5. The number of hydrogen-bond donors (Lipinski definition) is 0. The number of halogens is 1. The first-order valence-corrected chi connectivity index (χ1v) is 10.8. The van der Waals surface area contributed by atoms with Crippen LogP contribution in [0, 0.1) is 0 Å². The summed E-state index contributed by atoms with van der Waals surface area (Å²) in [6.45, 7) is 0. The Morgan fingerprint density at radius 3 is 2.55 bits per heavy atom. The van der Waals surface area contributed by atoms with E-state index in [0.717, 1.165) is 36.7 Å². The molecule has 4 aromatic rings. The van der Waals surface area contributed by atoms with E-state index in [-0.39, 0.29) is 0 Å². The first-order valence-electron chi connectivity index (χ1n) is 10.4. The Kier molecular flexibility index (Phi) is 6.57. The molecule has 7 heteroatoms. The Bertz CT molecular complexity index is 1250. The van der Waals surface area contributed by atoms with Crippen molar-refractivity contribution >= 4 is 28.8 Å². The third-order valence-electron chi connectivity index (χ3n) is 5.20. The van der Waals surface area contributed by atoms with Crippen molar-refractivity contribution in [3.63, 3.8) is 0 Å². The number of para-hydroxylation sites is 2. The normalized spacial score (nSPS) is 12.3. The van der Waals surface area contributed by atoms with Gasteiger partial charge in [0.2, 0.25) is 0 Å². The van der Waals surface area contributed by atoms with Gasteiger partial charge in [-0.25, -0.2) is 4.98 Å². The van der Waals surface area contributed by atoms with Crippen LogP contribution in [0.3, 0.4) is 0 Å². The summed E-state index contributed by atoms with van der Waals surface area (Å²) in [4.78, 5) is 4.80. The Labute approximate surface area is 186 Å². The molecular formula is C24H25ClN6. The number of hydrogen-bond acceptors (Lipinski definition) is 4. The van der Waals surface area contributed by atoms with Crippen LogP contribution in [0.1, 0.15) is 24.8 Å². The topological polar surface area (TPSA) is 60.4 Å². The zero-order valence-corrected chi connectivity index (χ0v) is 18.5. The Balaban J connectivity index is 1.56. The Morgan fingerprint density at radius 1 is 1.00 bits per heavy atom. The van der Waals surface area contributed by atoms with Gasteiger partial charge in [0.1, 0.15) is 16.5 Å². The number of unbranched alkanes of at least 4 members (excludes halogenated alkanes) is 2. The molecule has 0 fully saturated rings. The van der Waals surface area contributed by atoms with Crippen molar-refractivity contribution in [2.75, 3.05) is 0 Å². The molecule has 2 aromatic carbocycles. The highest BCUT2D eigenvalue weighted by molar-refractivity contribution is 6.29. The zero-order valence-electron chi connectivity index (χ0n) is 17.7. The van der Waals surface area contributed by atoms with E-state index in [1.165, 1.54) is 5.56 Å². The van der Waals surface area contributed by atoms with Crippen molar-refractivity contribution in [2.45, 2.75) is 25.7 Å². The minimum atomic E-state index is 0.542. The van der Waals surface area contributed by atoms with Crippen LogP contribution in [-0.2, 0) is 20.5 Å². The molecule has 6 nitrogen and oxygen atoms in total. The molecule has 158 valence electrons. The second kappa shape index (κ2) is 9.71. The monoisotopic (exact) mass is 432 g/mol. The summed E-state index contributed by atoms with van der Waals surface area (Å²) in [6.07, 6.45) is 6.03. The lowest BCUT2D eigenvalue weighted by atomic mass is 10.1. The molecule has 4 rings (SSSR count). The molecule has 0 saturated heterocycles. The van der Waals surface area contributed by atoms with Gasteiger partial charge < -0.3 is 4.57 Å². The molecule has 0 spiro atoms. The summed E-state index contributed by atoms with van der Waals surface area (Å²) in [5.41, 5.74) is 5.19. The number of aryl methyl sites for hydroxylation is 3. The maximum absolute atomic E-state index is 6.21. The fraction of sp³-hybridized carbons (Fsp3) is 0.250. The highest BCUT2D eigenvalue weighted by Gasteiger charge is 2.13. The lowest BCUT2D eigenvalue weighted by Gasteiger charge is -2.08. The molecule has 0 aliphatic heterocycles. The van der Waals surface area contributed by atoms with Crippen LogP contribution in [0.15, 0.2) is 70.9 Å². The molecule has 0 aliphatic carbocycles. The molecule has 0 unspecified atom stereocenters. The number of benzene rings is 2. The molecule has 0 N–H and O–H groups in total. The van der Waals surface area contributed by atoms with Crippen LogP contribution in [0.5, 0.6) is 0 Å². The molecule has 0 radical (unpaired) electrons. The van der Waals surface area contributed by atoms with E-state index >= 15 is 0 Å². The largest absolute Gasteiger partial charge is 0.324 e. The fourth-order valence-corrected chi connectivity index (χ4v) is 3.64. The van der Waals surface area contributed by atoms with Gasteiger partial charge in [0.05, 0.1) is 11.0 Å². The van der Waals surface area contributed by atoms with Crippen LogP contribution in [0.2, 0.25) is 5.15 Å². The van der Waals surface area contributed by atoms with Gasteiger partial charge in [0, 0.05) is 26.4 Å². The fourth-order valence-electron chi connectivity index (χ4n) is 3.49. The third-order valence-corrected chi connectivity index (χ3v) is 5.55. The number of rotatable bonds is 7. The Morgan fingerprint density at radius 2 is 1.77 bits per heavy atom. The average molecular weight is 433 g/mol. The second-order valence-electron chi connectivity index (χ2n) is 7.44. The van der Waals surface area contributed by atoms with Crippen LogP contribution in [-0.4, -0.2) is 25.5 Å². The van der Waals surface area contributed by atoms with Gasteiger partial charge in [0.15, 0.2) is 5.49 Å². The average Bonchev–Trinajstić information content (AvgIpc) is 3.13. The van der Waals surface area contributed by atoms with Gasteiger partial charge >= 0.3 is 0 Å². The lowest BCUT2D eigenvalue weighted by Crippen LogP contribution is -2.22. The summed E-state index contributed by atoms with van der Waals surface area (Å²) in [6, 6.07) is 20.3. The summed E-state index contributed by atoms with van der Waals surface area (Å²) in [5.74, 6) is 0. The first-order chi connectivity index (χ1) is 15.1. The quantitative estimate of drug-likeness (QED) is 0.236. The molecule has 0 bridgehead atoms. The Hall–Kier alpha value is -3.25. The molecule has 2 heterocycles. The van der Waals surface area contributed by atoms with Crippen LogP contribution < -0.4 is 5.49 Å². The minimum absolute atomic E-state index is 0.542. The summed E-state index contributed by atoms with van der Waals surface area (Å²) in [5, 5.41) is 13.9. The van der Waals surface area contributed by atoms with Crippen molar-refractivity contribution in [2.24, 2.45) is 24.3 Å². The molecule has 0 saturated carbocycles. The van der Waals surface area contributed by atoms with E-state index in [1.807, 2.05) is 48.2 Å². The van der Waals surface area contributed by atoms with Gasteiger partial charge in [0.25, 0.3) is 0 Å². The zero-order chi connectivity index (χ0) is 21.6. The van der Waals surface area contributed by atoms with E-state index in [2.05, 4.69) is 39.6 Å². The number of nitrogens with zero attached hydrogens (tertiary/aromatic N) is 6. The standard InChI is InChI=1S/C24H25ClN6/c1-30-21-15-9-8-14-19(21)27-23(20-17-22(25)31(2)29-20)24(30)28-26-16-10-4-7-13-18-11-5-3-6-12-18/h3,5-6,8-9,11-12,14-17H,4,7,10,13H2,1-2H3/b26-16+,28-24-. The van der Waals surface area contributed by atoms with E-state index in [0.29, 0.717) is 22.0 Å². The van der Waals surface area contributed by atoms with Crippen molar-refractivity contribution < 1.29 is 0 Å². The van der Waals surface area contributed by atoms with Crippen molar-refractivity contribution in [1.29, 1.82) is 0 Å². The summed E-state index contributed by atoms with van der Waals surface area (Å²) in [7, 11) is 3.77. The first kappa shape index (κ1) is 21.0. The van der Waals surface area contributed by atoms with E-state index < -0.39 is 0 Å². The minimum Gasteiger partial charge on any atom is -0.324 e. The lowest BCUT2D eigenvalue weighted by molar-refractivity contribution is 0.763. The third kappa shape index (κ3) is 4.91. The second-order valence-corrected chi connectivity index (χ2v) is 7.82. The van der Waals surface area contributed by atoms with Crippen LogP contribution in [0.4, 0.5) is 0 Å². The smallest absolute Gasteiger partial charge is 0.183 e. The van der Waals surface area contributed by atoms with Gasteiger partial charge in [-0.15, -0.1) is 5.10 Å². The van der Waals surface area contributed by atoms with Gasteiger partial charge in [-0.3, -0.25) is 4.68 Å². The van der Waals surface area contributed by atoms with Crippen molar-refractivity contribution in [3.8, 4) is 11.4 Å². The van der Waals surface area contributed by atoms with Gasteiger partial charge in [-0.2, -0.15) is 10.2 Å². The van der Waals surface area contributed by atoms with Crippen LogP contribution in [0.25, 0.3) is 22.4 Å². The number of fused-ring (bicyclic) bond motifs is 1. The van der Waals surface area contributed by atoms with Gasteiger partial charge in [-0.05, 0) is 43.4 Å². The van der Waals surface area contributed by atoms with E-state index in [9.17, 15) is 0 Å². The van der Waals surface area contributed by atoms with Crippen LogP contribution >= 0.6 is 11.6 Å².